The van der Waals surface area contributed by atoms with E-state index < -0.39 is 0 Å². The zero-order chi connectivity index (χ0) is 13.9. The minimum absolute atomic E-state index is 0.396. The number of rotatable bonds is 3. The van der Waals surface area contributed by atoms with Crippen LogP contribution in [0.3, 0.4) is 0 Å². The molecule has 0 aliphatic carbocycles. The molecule has 0 bridgehead atoms. The number of nitriles is 1. The van der Waals surface area contributed by atoms with Gasteiger partial charge in [-0.3, -0.25) is 4.68 Å². The van der Waals surface area contributed by atoms with Crippen LogP contribution >= 0.6 is 0 Å². The third-order valence-electron chi connectivity index (χ3n) is 2.94. The Morgan fingerprint density at radius 3 is 2.75 bits per heavy atom. The third kappa shape index (κ3) is 2.17. The molecular formula is C14H12N6. The van der Waals surface area contributed by atoms with E-state index in [2.05, 4.69) is 21.1 Å². The Morgan fingerprint density at radius 1 is 1.20 bits per heavy atom. The number of hydrogen-bond donors (Lipinski definition) is 1. The minimum Gasteiger partial charge on any atom is -0.383 e. The second kappa shape index (κ2) is 4.97. The van der Waals surface area contributed by atoms with Gasteiger partial charge >= 0.3 is 0 Å². The molecular weight excluding hydrogens is 252 g/mol. The maximum Gasteiger partial charge on any atom is 0.186 e. The standard InChI is InChI=1S/C14H12N6/c15-7-4-8-20-9-11-12(16)17-13(18-14(11)19-20)10-5-2-1-3-6-10/h1-3,5-6,9H,4,8H2,(H2,16,17,18,19). The fraction of sp³-hybridized carbons (Fsp3) is 0.143. The number of aromatic nitrogens is 4. The summed E-state index contributed by atoms with van der Waals surface area (Å²) in [6.45, 7) is 0.521. The Kier molecular flexibility index (Phi) is 3.01. The summed E-state index contributed by atoms with van der Waals surface area (Å²) in [4.78, 5) is 8.74. The van der Waals surface area contributed by atoms with Crippen LogP contribution in [0.25, 0.3) is 22.4 Å². The van der Waals surface area contributed by atoms with E-state index in [1.807, 2.05) is 30.3 Å². The summed E-state index contributed by atoms with van der Waals surface area (Å²) in [5.41, 5.74) is 7.41. The Hall–Kier alpha value is -2.94. The Labute approximate surface area is 115 Å². The van der Waals surface area contributed by atoms with E-state index in [-0.39, 0.29) is 0 Å². The van der Waals surface area contributed by atoms with Gasteiger partial charge in [-0.2, -0.15) is 10.4 Å². The number of nitrogen functional groups attached to an aromatic ring is 1. The van der Waals surface area contributed by atoms with Crippen molar-refractivity contribution in [3.8, 4) is 17.5 Å². The van der Waals surface area contributed by atoms with Crippen molar-refractivity contribution in [3.63, 3.8) is 0 Å². The SMILES string of the molecule is N#CCCn1cc2c(N)nc(-c3ccccc3)nc2n1. The molecule has 0 unspecified atom stereocenters. The molecule has 3 rings (SSSR count). The Bertz CT molecular complexity index is 785. The van der Waals surface area contributed by atoms with Gasteiger partial charge in [-0.25, -0.2) is 9.97 Å². The molecule has 0 spiro atoms. The summed E-state index contributed by atoms with van der Waals surface area (Å²) < 4.78 is 1.67. The number of nitrogens with zero attached hydrogens (tertiary/aromatic N) is 5. The van der Waals surface area contributed by atoms with Crippen LogP contribution in [-0.2, 0) is 6.54 Å². The van der Waals surface area contributed by atoms with Crippen molar-refractivity contribution in [3.05, 3.63) is 36.5 Å². The molecule has 6 nitrogen and oxygen atoms in total. The monoisotopic (exact) mass is 264 g/mol. The lowest BCUT2D eigenvalue weighted by molar-refractivity contribution is 0.633. The molecule has 0 amide bonds. The van der Waals surface area contributed by atoms with E-state index in [1.54, 1.807) is 10.9 Å². The molecule has 2 N–H and O–H groups in total. The quantitative estimate of drug-likeness (QED) is 0.780. The number of aryl methyl sites for hydroxylation is 1. The van der Waals surface area contributed by atoms with Gasteiger partial charge in [0.1, 0.15) is 5.82 Å². The number of nitrogens with two attached hydrogens (primary N) is 1. The molecule has 2 aromatic heterocycles. The maximum absolute atomic E-state index is 8.61. The molecule has 0 aliphatic heterocycles. The number of fused-ring (bicyclic) bond motifs is 1. The van der Waals surface area contributed by atoms with E-state index in [4.69, 9.17) is 11.0 Å². The largest absolute Gasteiger partial charge is 0.383 e. The first-order valence-electron chi connectivity index (χ1n) is 6.21. The molecule has 0 atom stereocenters. The number of benzene rings is 1. The van der Waals surface area contributed by atoms with Gasteiger partial charge in [0.05, 0.1) is 24.4 Å². The van der Waals surface area contributed by atoms with E-state index >= 15 is 0 Å². The lowest BCUT2D eigenvalue weighted by Crippen LogP contribution is -1.97. The lowest BCUT2D eigenvalue weighted by Gasteiger charge is -2.01. The second-order valence-electron chi connectivity index (χ2n) is 4.34. The molecule has 6 heteroatoms. The number of anilines is 1. The highest BCUT2D eigenvalue weighted by molar-refractivity contribution is 5.86. The first kappa shape index (κ1) is 12.1. The van der Waals surface area contributed by atoms with Crippen molar-refractivity contribution < 1.29 is 0 Å². The number of hydrogen-bond acceptors (Lipinski definition) is 5. The summed E-state index contributed by atoms with van der Waals surface area (Å²) >= 11 is 0. The van der Waals surface area contributed by atoms with Gasteiger partial charge in [0.15, 0.2) is 11.5 Å². The van der Waals surface area contributed by atoms with Crippen LogP contribution < -0.4 is 5.73 Å². The molecule has 2 heterocycles. The minimum atomic E-state index is 0.396. The molecule has 0 saturated carbocycles. The van der Waals surface area contributed by atoms with Gasteiger partial charge in [0, 0.05) is 11.8 Å². The topological polar surface area (TPSA) is 93.4 Å². The van der Waals surface area contributed by atoms with Crippen molar-refractivity contribution in [2.45, 2.75) is 13.0 Å². The molecule has 1 aromatic carbocycles. The molecule has 98 valence electrons. The highest BCUT2D eigenvalue weighted by Gasteiger charge is 2.10. The smallest absolute Gasteiger partial charge is 0.186 e. The maximum atomic E-state index is 8.61. The zero-order valence-electron chi connectivity index (χ0n) is 10.7. The third-order valence-corrected chi connectivity index (χ3v) is 2.94. The van der Waals surface area contributed by atoms with Gasteiger partial charge in [-0.15, -0.1) is 0 Å². The predicted octanol–water partition coefficient (Wildman–Crippen LogP) is 1.99. The first-order chi connectivity index (χ1) is 9.78. The summed E-state index contributed by atoms with van der Waals surface area (Å²) in [5, 5.41) is 13.6. The molecule has 0 saturated heterocycles. The summed E-state index contributed by atoms with van der Waals surface area (Å²) in [7, 11) is 0. The van der Waals surface area contributed by atoms with Gasteiger partial charge in [-0.05, 0) is 0 Å². The molecule has 0 fully saturated rings. The molecule has 0 aliphatic rings. The summed E-state index contributed by atoms with van der Waals surface area (Å²) in [5.74, 6) is 0.957. The van der Waals surface area contributed by atoms with Gasteiger partial charge in [-0.1, -0.05) is 30.3 Å². The lowest BCUT2D eigenvalue weighted by atomic mass is 10.2. The van der Waals surface area contributed by atoms with E-state index in [1.165, 1.54) is 0 Å². The molecule has 3 aromatic rings. The average Bonchev–Trinajstić information content (AvgIpc) is 2.89. The second-order valence-corrected chi connectivity index (χ2v) is 4.34. The van der Waals surface area contributed by atoms with E-state index in [0.29, 0.717) is 35.6 Å². The van der Waals surface area contributed by atoms with E-state index in [9.17, 15) is 0 Å². The average molecular weight is 264 g/mol. The van der Waals surface area contributed by atoms with Crippen LogP contribution in [0.2, 0.25) is 0 Å². The van der Waals surface area contributed by atoms with Crippen LogP contribution in [0.15, 0.2) is 36.5 Å². The van der Waals surface area contributed by atoms with Crippen LogP contribution in [0, 0.1) is 11.3 Å². The van der Waals surface area contributed by atoms with Crippen molar-refractivity contribution in [1.82, 2.24) is 19.7 Å². The zero-order valence-corrected chi connectivity index (χ0v) is 10.7. The van der Waals surface area contributed by atoms with Crippen molar-refractivity contribution >= 4 is 16.9 Å². The highest BCUT2D eigenvalue weighted by Crippen LogP contribution is 2.22. The summed E-state index contributed by atoms with van der Waals surface area (Å²) in [6, 6.07) is 11.7. The fourth-order valence-corrected chi connectivity index (χ4v) is 1.97. The van der Waals surface area contributed by atoms with Crippen LogP contribution in [0.1, 0.15) is 6.42 Å². The summed E-state index contributed by atoms with van der Waals surface area (Å²) in [6.07, 6.45) is 2.17. The van der Waals surface area contributed by atoms with E-state index in [0.717, 1.165) is 5.56 Å². The molecule has 20 heavy (non-hydrogen) atoms. The normalized spacial score (nSPS) is 10.6. The molecule has 0 radical (unpaired) electrons. The van der Waals surface area contributed by atoms with Gasteiger partial charge in [0.2, 0.25) is 0 Å². The Balaban J connectivity index is 2.07. The predicted molar refractivity (Wildman–Crippen MR) is 75.4 cm³/mol. The van der Waals surface area contributed by atoms with Crippen LogP contribution in [0.5, 0.6) is 0 Å². The van der Waals surface area contributed by atoms with Crippen molar-refractivity contribution in [1.29, 1.82) is 5.26 Å². The fourth-order valence-electron chi connectivity index (χ4n) is 1.97. The van der Waals surface area contributed by atoms with Crippen LogP contribution in [-0.4, -0.2) is 19.7 Å². The Morgan fingerprint density at radius 2 is 2.00 bits per heavy atom. The van der Waals surface area contributed by atoms with Gasteiger partial charge in [0.25, 0.3) is 0 Å². The van der Waals surface area contributed by atoms with Crippen molar-refractivity contribution in [2.24, 2.45) is 0 Å². The van der Waals surface area contributed by atoms with Crippen molar-refractivity contribution in [2.75, 3.05) is 5.73 Å². The first-order valence-corrected chi connectivity index (χ1v) is 6.21. The van der Waals surface area contributed by atoms with Crippen LogP contribution in [0.4, 0.5) is 5.82 Å². The highest BCUT2D eigenvalue weighted by atomic mass is 15.3. The van der Waals surface area contributed by atoms with Gasteiger partial charge < -0.3 is 5.73 Å².